The Morgan fingerprint density at radius 1 is 1.18 bits per heavy atom. The second kappa shape index (κ2) is 6.01. The van der Waals surface area contributed by atoms with Crippen molar-refractivity contribution in [1.29, 1.82) is 0 Å². The third kappa shape index (κ3) is 2.72. The summed E-state index contributed by atoms with van der Waals surface area (Å²) < 4.78 is 6.94. The highest BCUT2D eigenvalue weighted by molar-refractivity contribution is 5.53. The average Bonchev–Trinajstić information content (AvgIpc) is 2.97. The van der Waals surface area contributed by atoms with Crippen molar-refractivity contribution in [2.75, 3.05) is 12.4 Å². The van der Waals surface area contributed by atoms with E-state index in [4.69, 9.17) is 4.74 Å². The number of methoxy groups -OCH3 is 1. The second-order valence-corrected chi connectivity index (χ2v) is 5.36. The zero-order valence-corrected chi connectivity index (χ0v) is 12.9. The molecule has 3 rings (SSSR count). The predicted octanol–water partition coefficient (Wildman–Crippen LogP) is 2.87. The van der Waals surface area contributed by atoms with Gasteiger partial charge in [0.05, 0.1) is 13.3 Å². The molecule has 0 atom stereocenters. The van der Waals surface area contributed by atoms with E-state index in [2.05, 4.69) is 46.4 Å². The van der Waals surface area contributed by atoms with Crippen molar-refractivity contribution in [1.82, 2.24) is 19.6 Å². The Morgan fingerprint density at radius 2 is 1.95 bits per heavy atom. The molecule has 6 heteroatoms. The fourth-order valence-electron chi connectivity index (χ4n) is 2.27. The molecule has 0 amide bonds. The van der Waals surface area contributed by atoms with E-state index >= 15 is 0 Å². The van der Waals surface area contributed by atoms with E-state index in [1.54, 1.807) is 11.6 Å². The SMILES string of the molecule is COc1nc(NCc2ccccc2)n2ncc(C(C)C)c2n1. The van der Waals surface area contributed by atoms with Gasteiger partial charge in [-0.05, 0) is 11.5 Å². The highest BCUT2D eigenvalue weighted by atomic mass is 16.5. The Bertz CT molecular complexity index is 767. The van der Waals surface area contributed by atoms with Crippen LogP contribution in [0.25, 0.3) is 5.65 Å². The van der Waals surface area contributed by atoms with Crippen LogP contribution >= 0.6 is 0 Å². The average molecular weight is 297 g/mol. The van der Waals surface area contributed by atoms with Gasteiger partial charge in [0.1, 0.15) is 0 Å². The minimum absolute atomic E-state index is 0.332. The van der Waals surface area contributed by atoms with Crippen LogP contribution in [0.2, 0.25) is 0 Å². The van der Waals surface area contributed by atoms with Gasteiger partial charge < -0.3 is 10.1 Å². The molecule has 0 radical (unpaired) electrons. The van der Waals surface area contributed by atoms with Crippen LogP contribution in [0.15, 0.2) is 36.5 Å². The minimum atomic E-state index is 0.332. The van der Waals surface area contributed by atoms with Crippen molar-refractivity contribution < 1.29 is 4.74 Å². The summed E-state index contributed by atoms with van der Waals surface area (Å²) in [7, 11) is 1.57. The van der Waals surface area contributed by atoms with E-state index in [1.165, 1.54) is 5.56 Å². The van der Waals surface area contributed by atoms with Gasteiger partial charge in [-0.2, -0.15) is 19.6 Å². The quantitative estimate of drug-likeness (QED) is 0.784. The molecule has 0 spiro atoms. The maximum atomic E-state index is 5.22. The predicted molar refractivity (Wildman–Crippen MR) is 85.2 cm³/mol. The van der Waals surface area contributed by atoms with E-state index < -0.39 is 0 Å². The molecule has 0 bridgehead atoms. The summed E-state index contributed by atoms with van der Waals surface area (Å²) in [6.07, 6.45) is 1.84. The number of hydrogen-bond acceptors (Lipinski definition) is 5. The van der Waals surface area contributed by atoms with Gasteiger partial charge in [0.25, 0.3) is 0 Å². The number of nitrogens with zero attached hydrogens (tertiary/aromatic N) is 4. The standard InChI is InChI=1S/C16H19N5O/c1-11(2)13-10-18-21-14(13)19-16(22-3)20-15(21)17-9-12-7-5-4-6-8-12/h4-8,10-11H,9H2,1-3H3,(H,17,19,20). The van der Waals surface area contributed by atoms with E-state index in [0.29, 0.717) is 24.4 Å². The molecule has 0 aliphatic rings. The number of aromatic nitrogens is 4. The molecule has 6 nitrogen and oxygen atoms in total. The summed E-state index contributed by atoms with van der Waals surface area (Å²) in [5.41, 5.74) is 3.02. The van der Waals surface area contributed by atoms with Crippen molar-refractivity contribution in [3.05, 3.63) is 47.7 Å². The summed E-state index contributed by atoms with van der Waals surface area (Å²) in [5.74, 6) is 0.955. The van der Waals surface area contributed by atoms with E-state index in [0.717, 1.165) is 11.2 Å². The second-order valence-electron chi connectivity index (χ2n) is 5.36. The monoisotopic (exact) mass is 297 g/mol. The van der Waals surface area contributed by atoms with Crippen LogP contribution in [0.4, 0.5) is 5.95 Å². The summed E-state index contributed by atoms with van der Waals surface area (Å²) in [4.78, 5) is 8.78. The van der Waals surface area contributed by atoms with Crippen molar-refractivity contribution in [2.45, 2.75) is 26.3 Å². The topological polar surface area (TPSA) is 64.3 Å². The van der Waals surface area contributed by atoms with Crippen LogP contribution in [-0.2, 0) is 6.54 Å². The zero-order valence-electron chi connectivity index (χ0n) is 12.9. The third-order valence-corrected chi connectivity index (χ3v) is 3.47. The molecule has 0 fully saturated rings. The van der Waals surface area contributed by atoms with Crippen molar-refractivity contribution in [3.63, 3.8) is 0 Å². The summed E-state index contributed by atoms with van der Waals surface area (Å²) in [5, 5.41) is 7.70. The van der Waals surface area contributed by atoms with Crippen LogP contribution < -0.4 is 10.1 Å². The zero-order chi connectivity index (χ0) is 15.5. The van der Waals surface area contributed by atoms with Crippen LogP contribution in [0, 0.1) is 0 Å². The van der Waals surface area contributed by atoms with Crippen LogP contribution in [0.1, 0.15) is 30.9 Å². The van der Waals surface area contributed by atoms with Gasteiger partial charge in [-0.3, -0.25) is 0 Å². The molecular weight excluding hydrogens is 278 g/mol. The van der Waals surface area contributed by atoms with E-state index in [-0.39, 0.29) is 0 Å². The molecule has 0 saturated carbocycles. The van der Waals surface area contributed by atoms with Crippen LogP contribution in [0.5, 0.6) is 6.01 Å². The fourth-order valence-corrected chi connectivity index (χ4v) is 2.27. The minimum Gasteiger partial charge on any atom is -0.467 e. The fraction of sp³-hybridized carbons (Fsp3) is 0.312. The van der Waals surface area contributed by atoms with Crippen molar-refractivity contribution >= 4 is 11.6 Å². The van der Waals surface area contributed by atoms with Gasteiger partial charge in [-0.15, -0.1) is 0 Å². The Morgan fingerprint density at radius 3 is 2.64 bits per heavy atom. The number of ether oxygens (including phenoxy) is 1. The lowest BCUT2D eigenvalue weighted by Crippen LogP contribution is -2.10. The Labute approximate surface area is 129 Å². The van der Waals surface area contributed by atoms with E-state index in [1.807, 2.05) is 24.4 Å². The van der Waals surface area contributed by atoms with Gasteiger partial charge in [-0.1, -0.05) is 44.2 Å². The first kappa shape index (κ1) is 14.3. The third-order valence-electron chi connectivity index (χ3n) is 3.47. The molecule has 22 heavy (non-hydrogen) atoms. The molecular formula is C16H19N5O. The highest BCUT2D eigenvalue weighted by Gasteiger charge is 2.15. The maximum Gasteiger partial charge on any atom is 0.321 e. The lowest BCUT2D eigenvalue weighted by Gasteiger charge is -2.09. The molecule has 0 saturated heterocycles. The first-order valence-electron chi connectivity index (χ1n) is 7.26. The number of hydrogen-bond donors (Lipinski definition) is 1. The number of anilines is 1. The molecule has 2 heterocycles. The Kier molecular flexibility index (Phi) is 3.91. The lowest BCUT2D eigenvalue weighted by molar-refractivity contribution is 0.379. The van der Waals surface area contributed by atoms with Crippen molar-refractivity contribution in [2.24, 2.45) is 0 Å². The van der Waals surface area contributed by atoms with Crippen LogP contribution in [-0.4, -0.2) is 26.7 Å². The van der Waals surface area contributed by atoms with Crippen LogP contribution in [0.3, 0.4) is 0 Å². The number of nitrogens with one attached hydrogen (secondary N) is 1. The summed E-state index contributed by atoms with van der Waals surface area (Å²) in [6, 6.07) is 10.5. The maximum absolute atomic E-state index is 5.22. The van der Waals surface area contributed by atoms with Crippen molar-refractivity contribution in [3.8, 4) is 6.01 Å². The molecule has 3 aromatic rings. The molecule has 1 aromatic carbocycles. The molecule has 1 N–H and O–H groups in total. The first-order chi connectivity index (χ1) is 10.7. The summed E-state index contributed by atoms with van der Waals surface area (Å²) >= 11 is 0. The van der Waals surface area contributed by atoms with Gasteiger partial charge in [0, 0.05) is 12.1 Å². The summed E-state index contributed by atoms with van der Waals surface area (Å²) in [6.45, 7) is 4.89. The van der Waals surface area contributed by atoms with Gasteiger partial charge >= 0.3 is 6.01 Å². The van der Waals surface area contributed by atoms with Gasteiger partial charge in [0.15, 0.2) is 5.65 Å². The molecule has 0 unspecified atom stereocenters. The van der Waals surface area contributed by atoms with Gasteiger partial charge in [0.2, 0.25) is 5.95 Å². The molecule has 2 aromatic heterocycles. The smallest absolute Gasteiger partial charge is 0.321 e. The lowest BCUT2D eigenvalue weighted by atomic mass is 10.1. The Balaban J connectivity index is 1.97. The largest absolute Gasteiger partial charge is 0.467 e. The number of benzene rings is 1. The molecule has 114 valence electrons. The Hall–Kier alpha value is -2.63. The first-order valence-corrected chi connectivity index (χ1v) is 7.26. The molecule has 0 aliphatic carbocycles. The van der Waals surface area contributed by atoms with Gasteiger partial charge in [-0.25, -0.2) is 0 Å². The van der Waals surface area contributed by atoms with E-state index in [9.17, 15) is 0 Å². The normalized spacial score (nSPS) is 11.1. The molecule has 0 aliphatic heterocycles. The highest BCUT2D eigenvalue weighted by Crippen LogP contribution is 2.22. The number of rotatable bonds is 5. The number of fused-ring (bicyclic) bond motifs is 1.